The molecular formula is C15H21N3O. The van der Waals surface area contributed by atoms with Gasteiger partial charge in [-0.2, -0.15) is 5.26 Å². The Hall–Kier alpha value is -1.86. The summed E-state index contributed by atoms with van der Waals surface area (Å²) in [5, 5.41) is 11.8. The van der Waals surface area contributed by atoms with E-state index in [1.165, 1.54) is 0 Å². The zero-order valence-corrected chi connectivity index (χ0v) is 11.8. The zero-order chi connectivity index (χ0) is 14.3. The van der Waals surface area contributed by atoms with E-state index >= 15 is 0 Å². The number of carbonyl (C=O) groups is 1. The van der Waals surface area contributed by atoms with E-state index in [9.17, 15) is 4.79 Å². The number of para-hydroxylation sites is 1. The lowest BCUT2D eigenvalue weighted by Gasteiger charge is -2.25. The first-order chi connectivity index (χ1) is 9.08. The molecule has 1 rings (SSSR count). The first-order valence-electron chi connectivity index (χ1n) is 6.61. The van der Waals surface area contributed by atoms with Crippen LogP contribution in [0.5, 0.6) is 0 Å². The summed E-state index contributed by atoms with van der Waals surface area (Å²) in [6, 6.07) is 9.44. The molecule has 0 heterocycles. The summed E-state index contributed by atoms with van der Waals surface area (Å²) >= 11 is 0. The van der Waals surface area contributed by atoms with Gasteiger partial charge in [0.25, 0.3) is 0 Å². The van der Waals surface area contributed by atoms with E-state index in [1.54, 1.807) is 18.2 Å². The third-order valence-electron chi connectivity index (χ3n) is 2.91. The molecule has 0 bridgehead atoms. The van der Waals surface area contributed by atoms with E-state index in [-0.39, 0.29) is 5.91 Å². The maximum Gasteiger partial charge on any atom is 0.238 e. The molecule has 1 N–H and O–H groups in total. The number of anilines is 1. The van der Waals surface area contributed by atoms with Gasteiger partial charge in [0.15, 0.2) is 0 Å². The van der Waals surface area contributed by atoms with Crippen molar-refractivity contribution in [2.75, 3.05) is 18.4 Å². The lowest BCUT2D eigenvalue weighted by Crippen LogP contribution is -2.38. The second-order valence-electron chi connectivity index (χ2n) is 4.77. The second-order valence-corrected chi connectivity index (χ2v) is 4.77. The lowest BCUT2D eigenvalue weighted by atomic mass is 10.2. The van der Waals surface area contributed by atoms with E-state index in [0.717, 1.165) is 13.0 Å². The van der Waals surface area contributed by atoms with Crippen LogP contribution in [0.25, 0.3) is 0 Å². The summed E-state index contributed by atoms with van der Waals surface area (Å²) in [5.74, 6) is -0.0788. The molecule has 0 unspecified atom stereocenters. The Labute approximate surface area is 115 Å². The predicted octanol–water partition coefficient (Wildman–Crippen LogP) is 2.62. The van der Waals surface area contributed by atoms with Gasteiger partial charge < -0.3 is 5.32 Å². The molecule has 0 aliphatic rings. The molecule has 4 nitrogen and oxygen atoms in total. The molecule has 0 aliphatic carbocycles. The van der Waals surface area contributed by atoms with Gasteiger partial charge in [-0.1, -0.05) is 19.1 Å². The van der Waals surface area contributed by atoms with Crippen molar-refractivity contribution in [2.24, 2.45) is 0 Å². The maximum absolute atomic E-state index is 12.0. The molecule has 102 valence electrons. The molecule has 0 aromatic heterocycles. The number of rotatable bonds is 6. The van der Waals surface area contributed by atoms with Crippen LogP contribution in [0.4, 0.5) is 5.69 Å². The first kappa shape index (κ1) is 15.2. The Morgan fingerprint density at radius 1 is 1.42 bits per heavy atom. The third-order valence-corrected chi connectivity index (χ3v) is 2.91. The highest BCUT2D eigenvalue weighted by Crippen LogP contribution is 2.13. The van der Waals surface area contributed by atoms with Crippen molar-refractivity contribution in [3.63, 3.8) is 0 Å². The fourth-order valence-electron chi connectivity index (χ4n) is 1.87. The fourth-order valence-corrected chi connectivity index (χ4v) is 1.87. The van der Waals surface area contributed by atoms with Crippen molar-refractivity contribution in [3.8, 4) is 6.07 Å². The minimum atomic E-state index is -0.0788. The van der Waals surface area contributed by atoms with Crippen molar-refractivity contribution < 1.29 is 4.79 Å². The van der Waals surface area contributed by atoms with Crippen molar-refractivity contribution >= 4 is 11.6 Å². The van der Waals surface area contributed by atoms with Crippen LogP contribution >= 0.6 is 0 Å². The van der Waals surface area contributed by atoms with Gasteiger partial charge in [-0.25, -0.2) is 0 Å². The highest BCUT2D eigenvalue weighted by Gasteiger charge is 2.14. The van der Waals surface area contributed by atoms with E-state index in [1.807, 2.05) is 6.07 Å². The van der Waals surface area contributed by atoms with E-state index in [4.69, 9.17) is 5.26 Å². The van der Waals surface area contributed by atoms with Crippen molar-refractivity contribution in [2.45, 2.75) is 33.2 Å². The van der Waals surface area contributed by atoms with Crippen LogP contribution in [-0.2, 0) is 4.79 Å². The van der Waals surface area contributed by atoms with Crippen LogP contribution in [0.3, 0.4) is 0 Å². The topological polar surface area (TPSA) is 56.1 Å². The number of nitrogens with one attached hydrogen (secondary N) is 1. The Balaban J connectivity index is 2.67. The smallest absolute Gasteiger partial charge is 0.238 e. The zero-order valence-electron chi connectivity index (χ0n) is 11.8. The summed E-state index contributed by atoms with van der Waals surface area (Å²) in [6.07, 6.45) is 1.01. The van der Waals surface area contributed by atoms with Gasteiger partial charge in [-0.05, 0) is 38.9 Å². The number of carbonyl (C=O) groups excluding carboxylic acids is 1. The molecule has 0 radical (unpaired) electrons. The molecule has 0 atom stereocenters. The molecule has 0 spiro atoms. The van der Waals surface area contributed by atoms with Crippen LogP contribution in [0.15, 0.2) is 24.3 Å². The molecule has 0 aliphatic heterocycles. The molecular weight excluding hydrogens is 238 g/mol. The monoisotopic (exact) mass is 259 g/mol. The van der Waals surface area contributed by atoms with E-state index < -0.39 is 0 Å². The van der Waals surface area contributed by atoms with Crippen molar-refractivity contribution in [1.29, 1.82) is 5.26 Å². The standard InChI is InChI=1S/C15H21N3O/c1-4-9-18(12(2)3)11-15(19)17-14-8-6-5-7-13(14)10-16/h5-8,12H,4,9,11H2,1-3H3,(H,17,19). The number of benzene rings is 1. The molecule has 1 aromatic carbocycles. The average Bonchev–Trinajstić information content (AvgIpc) is 2.38. The highest BCUT2D eigenvalue weighted by atomic mass is 16.2. The van der Waals surface area contributed by atoms with Crippen LogP contribution in [0.2, 0.25) is 0 Å². The minimum absolute atomic E-state index is 0.0788. The third kappa shape index (κ3) is 4.72. The molecule has 1 amide bonds. The predicted molar refractivity (Wildman–Crippen MR) is 76.8 cm³/mol. The molecule has 0 saturated carbocycles. The Morgan fingerprint density at radius 2 is 2.11 bits per heavy atom. The number of nitrogens with zero attached hydrogens (tertiary/aromatic N) is 2. The largest absolute Gasteiger partial charge is 0.324 e. The van der Waals surface area contributed by atoms with Crippen LogP contribution in [0, 0.1) is 11.3 Å². The second kappa shape index (κ2) is 7.55. The quantitative estimate of drug-likeness (QED) is 0.854. The molecule has 4 heteroatoms. The SMILES string of the molecule is CCCN(CC(=O)Nc1ccccc1C#N)C(C)C. The molecule has 0 fully saturated rings. The maximum atomic E-state index is 12.0. The van der Waals surface area contributed by atoms with Gasteiger partial charge in [-0.15, -0.1) is 0 Å². The van der Waals surface area contributed by atoms with E-state index in [2.05, 4.69) is 37.1 Å². The summed E-state index contributed by atoms with van der Waals surface area (Å²) in [6.45, 7) is 7.49. The highest BCUT2D eigenvalue weighted by molar-refractivity contribution is 5.93. The minimum Gasteiger partial charge on any atom is -0.324 e. The average molecular weight is 259 g/mol. The number of hydrogen-bond acceptors (Lipinski definition) is 3. The summed E-state index contributed by atoms with van der Waals surface area (Å²) in [5.41, 5.74) is 1.07. The Morgan fingerprint density at radius 3 is 2.68 bits per heavy atom. The number of amides is 1. The van der Waals surface area contributed by atoms with Crippen LogP contribution < -0.4 is 5.32 Å². The summed E-state index contributed by atoms with van der Waals surface area (Å²) < 4.78 is 0. The van der Waals surface area contributed by atoms with Gasteiger partial charge in [0.1, 0.15) is 6.07 Å². The number of hydrogen-bond donors (Lipinski definition) is 1. The fraction of sp³-hybridized carbons (Fsp3) is 0.467. The summed E-state index contributed by atoms with van der Waals surface area (Å²) in [7, 11) is 0. The van der Waals surface area contributed by atoms with Gasteiger partial charge in [0, 0.05) is 6.04 Å². The van der Waals surface area contributed by atoms with Gasteiger partial charge in [0.05, 0.1) is 17.8 Å². The van der Waals surface area contributed by atoms with Crippen LogP contribution in [-0.4, -0.2) is 29.9 Å². The van der Waals surface area contributed by atoms with Gasteiger partial charge >= 0.3 is 0 Å². The van der Waals surface area contributed by atoms with Crippen molar-refractivity contribution in [3.05, 3.63) is 29.8 Å². The first-order valence-corrected chi connectivity index (χ1v) is 6.61. The summed E-state index contributed by atoms with van der Waals surface area (Å²) in [4.78, 5) is 14.1. The van der Waals surface area contributed by atoms with Gasteiger partial charge in [0.2, 0.25) is 5.91 Å². The van der Waals surface area contributed by atoms with Crippen LogP contribution in [0.1, 0.15) is 32.8 Å². The van der Waals surface area contributed by atoms with E-state index in [0.29, 0.717) is 23.8 Å². The van der Waals surface area contributed by atoms with Gasteiger partial charge in [-0.3, -0.25) is 9.69 Å². The lowest BCUT2D eigenvalue weighted by molar-refractivity contribution is -0.117. The molecule has 19 heavy (non-hydrogen) atoms. The Bertz CT molecular complexity index is 463. The molecule has 0 saturated heterocycles. The van der Waals surface area contributed by atoms with Crippen molar-refractivity contribution in [1.82, 2.24) is 4.90 Å². The number of nitriles is 1. The normalized spacial score (nSPS) is 10.5. The molecule has 1 aromatic rings. The Kier molecular flexibility index (Phi) is 6.04.